The molecule has 0 saturated carbocycles. The van der Waals surface area contributed by atoms with Crippen molar-refractivity contribution in [3.8, 4) is 5.75 Å². The van der Waals surface area contributed by atoms with Gasteiger partial charge in [0.05, 0.1) is 31.5 Å². The van der Waals surface area contributed by atoms with Crippen LogP contribution in [0.25, 0.3) is 0 Å². The van der Waals surface area contributed by atoms with E-state index in [0.29, 0.717) is 5.56 Å². The van der Waals surface area contributed by atoms with Gasteiger partial charge in [-0.1, -0.05) is 12.1 Å². The molecule has 0 radical (unpaired) electrons. The highest BCUT2D eigenvalue weighted by molar-refractivity contribution is 5.94. The lowest BCUT2D eigenvalue weighted by molar-refractivity contribution is -0.0209. The zero-order chi connectivity index (χ0) is 24.9. The summed E-state index contributed by atoms with van der Waals surface area (Å²) in [7, 11) is 5.57. The van der Waals surface area contributed by atoms with Gasteiger partial charge in [-0.05, 0) is 36.4 Å². The number of rotatable bonds is 8. The van der Waals surface area contributed by atoms with Crippen LogP contribution in [0.5, 0.6) is 5.75 Å². The van der Waals surface area contributed by atoms with E-state index >= 15 is 0 Å². The number of carbonyl (C=O) groups is 1. The molecule has 0 aromatic heterocycles. The van der Waals surface area contributed by atoms with E-state index < -0.39 is 18.3 Å². The molecule has 0 aliphatic carbocycles. The summed E-state index contributed by atoms with van der Waals surface area (Å²) in [6, 6.07) is 15.0. The normalized spacial score (nSPS) is 24.9. The summed E-state index contributed by atoms with van der Waals surface area (Å²) in [4.78, 5) is 19.2. The summed E-state index contributed by atoms with van der Waals surface area (Å²) in [6.07, 6.45) is -1.93. The number of piperazine rings is 1. The number of para-hydroxylation sites is 2. The van der Waals surface area contributed by atoms with Crippen molar-refractivity contribution < 1.29 is 24.5 Å². The van der Waals surface area contributed by atoms with Gasteiger partial charge in [0.25, 0.3) is 5.91 Å². The Morgan fingerprint density at radius 3 is 2.40 bits per heavy atom. The Labute approximate surface area is 206 Å². The monoisotopic (exact) mass is 484 g/mol. The molecular weight excluding hydrogens is 448 g/mol. The Balaban J connectivity index is 1.39. The van der Waals surface area contributed by atoms with E-state index in [4.69, 9.17) is 9.47 Å². The highest BCUT2D eigenvalue weighted by Gasteiger charge is 2.46. The molecule has 0 spiro atoms. The van der Waals surface area contributed by atoms with E-state index in [1.165, 1.54) is 0 Å². The third-order valence-electron chi connectivity index (χ3n) is 6.91. The summed E-state index contributed by atoms with van der Waals surface area (Å²) in [5.74, 6) is 0.644. The van der Waals surface area contributed by atoms with E-state index in [0.717, 1.165) is 43.3 Å². The number of hydrogen-bond acceptors (Lipinski definition) is 8. The first-order chi connectivity index (χ1) is 16.9. The molecule has 9 nitrogen and oxygen atoms in total. The quantitative estimate of drug-likeness (QED) is 0.506. The Kier molecular flexibility index (Phi) is 8.12. The number of aliphatic hydroxyl groups is 2. The lowest BCUT2D eigenvalue weighted by atomic mass is 10.0. The maximum atomic E-state index is 12.7. The molecule has 2 aliphatic rings. The molecule has 4 rings (SSSR count). The largest absolute Gasteiger partial charge is 0.495 e. The molecule has 0 bridgehead atoms. The number of nitrogens with one attached hydrogen (secondary N) is 1. The number of benzene rings is 2. The van der Waals surface area contributed by atoms with Crippen LogP contribution in [-0.4, -0.2) is 106 Å². The topological polar surface area (TPSA) is 97.7 Å². The van der Waals surface area contributed by atoms with E-state index in [1.807, 2.05) is 55.4 Å². The van der Waals surface area contributed by atoms with Crippen molar-refractivity contribution in [2.45, 2.75) is 24.4 Å². The van der Waals surface area contributed by atoms with Gasteiger partial charge in [-0.15, -0.1) is 0 Å². The lowest BCUT2D eigenvalue weighted by Gasteiger charge is -2.41. The van der Waals surface area contributed by atoms with Gasteiger partial charge in [-0.3, -0.25) is 9.69 Å². The van der Waals surface area contributed by atoms with Crippen LogP contribution in [0.15, 0.2) is 48.5 Å². The molecule has 0 unspecified atom stereocenters. The molecular formula is C26H36N4O5. The summed E-state index contributed by atoms with van der Waals surface area (Å²) in [6.45, 7) is 2.96. The van der Waals surface area contributed by atoms with Crippen molar-refractivity contribution in [1.29, 1.82) is 0 Å². The number of ether oxygens (including phenoxy) is 2. The predicted molar refractivity (Wildman–Crippen MR) is 135 cm³/mol. The van der Waals surface area contributed by atoms with Gasteiger partial charge in [0.1, 0.15) is 18.0 Å². The van der Waals surface area contributed by atoms with E-state index in [-0.39, 0.29) is 25.1 Å². The molecule has 190 valence electrons. The molecule has 2 heterocycles. The van der Waals surface area contributed by atoms with Crippen LogP contribution < -0.4 is 19.9 Å². The molecule has 35 heavy (non-hydrogen) atoms. The zero-order valence-corrected chi connectivity index (χ0v) is 20.6. The van der Waals surface area contributed by atoms with Crippen LogP contribution >= 0.6 is 0 Å². The van der Waals surface area contributed by atoms with Gasteiger partial charge in [0.15, 0.2) is 0 Å². The molecule has 2 aromatic rings. The number of nitrogens with zero attached hydrogens (tertiary/aromatic N) is 3. The van der Waals surface area contributed by atoms with Crippen molar-refractivity contribution in [1.82, 2.24) is 10.2 Å². The fourth-order valence-electron chi connectivity index (χ4n) is 4.95. The van der Waals surface area contributed by atoms with Crippen LogP contribution in [0.1, 0.15) is 10.4 Å². The predicted octanol–water partition coefficient (Wildman–Crippen LogP) is 0.802. The number of hydrogen-bond donors (Lipinski definition) is 3. The summed E-state index contributed by atoms with van der Waals surface area (Å²) in [5, 5.41) is 23.6. The molecule has 4 atom stereocenters. The molecule has 2 aliphatic heterocycles. The van der Waals surface area contributed by atoms with E-state index in [2.05, 4.69) is 15.1 Å². The standard InChI is InChI=1S/C26H36N4O5/c1-28(2)19-10-8-18(9-11-19)26(33)27-16-22-24(25(32)23(17-31)35-22)30-14-12-29(13-15-30)20-6-4-5-7-21(20)34-3/h4-11,22-25,31-32H,12-17H2,1-3H3,(H,27,33)/t22-,23+,24+,25-/m1/s1. The maximum absolute atomic E-state index is 12.7. The minimum absolute atomic E-state index is 0.194. The van der Waals surface area contributed by atoms with Crippen LogP contribution in [0, 0.1) is 0 Å². The third-order valence-corrected chi connectivity index (χ3v) is 6.91. The van der Waals surface area contributed by atoms with Gasteiger partial charge >= 0.3 is 0 Å². The SMILES string of the molecule is COc1ccccc1N1CCN([C@@H]2[C@H](O)[C@H](CO)O[C@@H]2CNC(=O)c2ccc(N(C)C)cc2)CC1. The van der Waals surface area contributed by atoms with Crippen molar-refractivity contribution in [2.24, 2.45) is 0 Å². The van der Waals surface area contributed by atoms with Crippen molar-refractivity contribution in [3.63, 3.8) is 0 Å². The second kappa shape index (κ2) is 11.3. The average Bonchev–Trinajstić information content (AvgIpc) is 3.22. The smallest absolute Gasteiger partial charge is 0.251 e. The highest BCUT2D eigenvalue weighted by Crippen LogP contribution is 2.31. The van der Waals surface area contributed by atoms with Gasteiger partial charge in [-0.25, -0.2) is 0 Å². The molecule has 2 fully saturated rings. The minimum atomic E-state index is -0.834. The fourth-order valence-corrected chi connectivity index (χ4v) is 4.95. The number of methoxy groups -OCH3 is 1. The number of anilines is 2. The first kappa shape index (κ1) is 25.2. The number of aliphatic hydroxyl groups excluding tert-OH is 2. The summed E-state index contributed by atoms with van der Waals surface area (Å²) < 4.78 is 11.5. The lowest BCUT2D eigenvalue weighted by Crippen LogP contribution is -2.57. The van der Waals surface area contributed by atoms with Gasteiger partial charge in [0, 0.05) is 58.1 Å². The molecule has 3 N–H and O–H groups in total. The molecule has 9 heteroatoms. The van der Waals surface area contributed by atoms with Crippen LogP contribution in [0.2, 0.25) is 0 Å². The minimum Gasteiger partial charge on any atom is -0.495 e. The Morgan fingerprint density at radius 1 is 1.09 bits per heavy atom. The van der Waals surface area contributed by atoms with Crippen molar-refractivity contribution >= 4 is 17.3 Å². The molecule has 2 aromatic carbocycles. The Bertz CT molecular complexity index is 978. The Hall–Kier alpha value is -2.85. The molecule has 1 amide bonds. The first-order valence-electron chi connectivity index (χ1n) is 12.0. The third kappa shape index (κ3) is 5.54. The van der Waals surface area contributed by atoms with Crippen LogP contribution in [0.4, 0.5) is 11.4 Å². The fraction of sp³-hybridized carbons (Fsp3) is 0.500. The second-order valence-corrected chi connectivity index (χ2v) is 9.22. The number of amides is 1. The van der Waals surface area contributed by atoms with Crippen LogP contribution in [0.3, 0.4) is 0 Å². The summed E-state index contributed by atoms with van der Waals surface area (Å²) in [5.41, 5.74) is 2.63. The average molecular weight is 485 g/mol. The maximum Gasteiger partial charge on any atom is 0.251 e. The van der Waals surface area contributed by atoms with Gasteiger partial charge in [-0.2, -0.15) is 0 Å². The highest BCUT2D eigenvalue weighted by atomic mass is 16.5. The number of carbonyl (C=O) groups excluding carboxylic acids is 1. The van der Waals surface area contributed by atoms with Gasteiger partial charge < -0.3 is 34.8 Å². The van der Waals surface area contributed by atoms with E-state index in [1.54, 1.807) is 19.2 Å². The molecule has 2 saturated heterocycles. The van der Waals surface area contributed by atoms with Crippen LogP contribution in [-0.2, 0) is 4.74 Å². The van der Waals surface area contributed by atoms with Crippen molar-refractivity contribution in [3.05, 3.63) is 54.1 Å². The summed E-state index contributed by atoms with van der Waals surface area (Å²) >= 11 is 0. The van der Waals surface area contributed by atoms with Gasteiger partial charge in [0.2, 0.25) is 0 Å². The zero-order valence-electron chi connectivity index (χ0n) is 20.6. The van der Waals surface area contributed by atoms with Crippen molar-refractivity contribution in [2.75, 3.05) is 70.3 Å². The second-order valence-electron chi connectivity index (χ2n) is 9.22. The Morgan fingerprint density at radius 2 is 1.77 bits per heavy atom. The van der Waals surface area contributed by atoms with E-state index in [9.17, 15) is 15.0 Å². The first-order valence-corrected chi connectivity index (χ1v) is 12.0.